The highest BCUT2D eigenvalue weighted by Gasteiger charge is 2.45. The minimum atomic E-state index is -0.273. The Morgan fingerprint density at radius 1 is 1.33 bits per heavy atom. The van der Waals surface area contributed by atoms with Gasteiger partial charge in [0.25, 0.3) is 0 Å². The van der Waals surface area contributed by atoms with Crippen LogP contribution in [-0.2, 0) is 11.2 Å². The van der Waals surface area contributed by atoms with Crippen LogP contribution in [0.4, 0.5) is 0 Å². The van der Waals surface area contributed by atoms with Gasteiger partial charge in [0.1, 0.15) is 17.1 Å². The number of unbranched alkanes of at least 4 members (excludes halogenated alkanes) is 2. The summed E-state index contributed by atoms with van der Waals surface area (Å²) in [5, 5.41) is 0.894. The summed E-state index contributed by atoms with van der Waals surface area (Å²) in [5.74, 6) is 1.91. The van der Waals surface area contributed by atoms with E-state index in [-0.39, 0.29) is 17.5 Å². The molecule has 27 heavy (non-hydrogen) atoms. The van der Waals surface area contributed by atoms with Crippen LogP contribution in [0.25, 0.3) is 0 Å². The maximum atomic E-state index is 11.8. The number of esters is 1. The van der Waals surface area contributed by atoms with Gasteiger partial charge in [-0.25, -0.2) is 0 Å². The maximum Gasteiger partial charge on any atom is 0.308 e. The molecule has 0 spiro atoms. The van der Waals surface area contributed by atoms with Gasteiger partial charge >= 0.3 is 5.97 Å². The van der Waals surface area contributed by atoms with E-state index in [1.807, 2.05) is 0 Å². The number of carbonyl (C=O) groups excluding carboxylic acids is 1. The molecule has 0 fully saturated rings. The van der Waals surface area contributed by atoms with Gasteiger partial charge in [-0.1, -0.05) is 47.3 Å². The first-order chi connectivity index (χ1) is 12.9. The third-order valence-corrected chi connectivity index (χ3v) is 6.60. The lowest BCUT2D eigenvalue weighted by Crippen LogP contribution is -2.45. The highest BCUT2D eigenvalue weighted by Crippen LogP contribution is 2.53. The van der Waals surface area contributed by atoms with E-state index in [0.717, 1.165) is 42.3 Å². The van der Waals surface area contributed by atoms with E-state index in [1.165, 1.54) is 30.9 Å². The molecule has 3 rings (SSSR count). The Morgan fingerprint density at radius 3 is 2.78 bits per heavy atom. The summed E-state index contributed by atoms with van der Waals surface area (Å²) in [7, 11) is 0. The van der Waals surface area contributed by atoms with Crippen molar-refractivity contribution in [3.8, 4) is 11.5 Å². The molecule has 0 amide bonds. The van der Waals surface area contributed by atoms with Crippen molar-refractivity contribution in [2.24, 2.45) is 5.92 Å². The lowest BCUT2D eigenvalue weighted by Gasteiger charge is -2.46. The van der Waals surface area contributed by atoms with Crippen LogP contribution in [0.5, 0.6) is 11.5 Å². The van der Waals surface area contributed by atoms with Crippen LogP contribution in [0.3, 0.4) is 0 Å². The molecule has 148 valence electrons. The van der Waals surface area contributed by atoms with Crippen molar-refractivity contribution in [3.63, 3.8) is 0 Å². The summed E-state index contributed by atoms with van der Waals surface area (Å²) in [4.78, 5) is 11.8. The van der Waals surface area contributed by atoms with Gasteiger partial charge in [-0.3, -0.25) is 4.79 Å². The second-order valence-electron chi connectivity index (χ2n) is 8.39. The average Bonchev–Trinajstić information content (AvgIpc) is 2.60. The van der Waals surface area contributed by atoms with Crippen LogP contribution in [0.1, 0.15) is 76.8 Å². The van der Waals surface area contributed by atoms with E-state index < -0.39 is 0 Å². The summed E-state index contributed by atoms with van der Waals surface area (Å²) in [6, 6.07) is 4.23. The van der Waals surface area contributed by atoms with Crippen molar-refractivity contribution in [2.75, 3.05) is 5.33 Å². The van der Waals surface area contributed by atoms with Crippen LogP contribution in [-0.4, -0.2) is 16.9 Å². The quantitative estimate of drug-likeness (QED) is 0.172. The molecule has 0 bridgehead atoms. The predicted molar refractivity (Wildman–Crippen MR) is 113 cm³/mol. The van der Waals surface area contributed by atoms with Crippen molar-refractivity contribution in [3.05, 3.63) is 34.9 Å². The Balaban J connectivity index is 2.08. The summed E-state index contributed by atoms with van der Waals surface area (Å²) < 4.78 is 12.2. The molecule has 0 radical (unpaired) electrons. The number of benzene rings is 1. The van der Waals surface area contributed by atoms with Gasteiger partial charge in [-0.15, -0.1) is 0 Å². The molecule has 3 nitrogen and oxygen atoms in total. The maximum absolute atomic E-state index is 11.8. The van der Waals surface area contributed by atoms with Gasteiger partial charge in [0.15, 0.2) is 0 Å². The van der Waals surface area contributed by atoms with Gasteiger partial charge in [0.05, 0.1) is 0 Å². The van der Waals surface area contributed by atoms with E-state index in [1.54, 1.807) is 0 Å². The molecule has 1 aliphatic heterocycles. The molecule has 1 heterocycles. The summed E-state index contributed by atoms with van der Waals surface area (Å²) in [5.41, 5.74) is 3.42. The molecule has 4 heteroatoms. The van der Waals surface area contributed by atoms with Crippen molar-refractivity contribution < 1.29 is 14.3 Å². The Labute approximate surface area is 171 Å². The van der Waals surface area contributed by atoms with Gasteiger partial charge < -0.3 is 9.47 Å². The lowest BCUT2D eigenvalue weighted by molar-refractivity contribution is -0.132. The van der Waals surface area contributed by atoms with E-state index in [0.29, 0.717) is 11.7 Å². The monoisotopic (exact) mass is 434 g/mol. The molecule has 1 aromatic rings. The van der Waals surface area contributed by atoms with Crippen LogP contribution < -0.4 is 9.47 Å². The molecular formula is C23H31BrO3. The Bertz CT molecular complexity index is 735. The minimum Gasteiger partial charge on any atom is -0.487 e. The summed E-state index contributed by atoms with van der Waals surface area (Å²) in [6.45, 7) is 8.06. The topological polar surface area (TPSA) is 35.5 Å². The predicted octanol–water partition coefficient (Wildman–Crippen LogP) is 6.33. The number of alkyl halides is 1. The van der Waals surface area contributed by atoms with Crippen LogP contribution in [0, 0.1) is 5.92 Å². The van der Waals surface area contributed by atoms with E-state index >= 15 is 0 Å². The first-order valence-electron chi connectivity index (χ1n) is 10.2. The first kappa shape index (κ1) is 20.4. The normalized spacial score (nSPS) is 22.9. The smallest absolute Gasteiger partial charge is 0.308 e. The van der Waals surface area contributed by atoms with Gasteiger partial charge in [0, 0.05) is 29.7 Å². The molecule has 0 saturated carbocycles. The Kier molecular flexibility index (Phi) is 6.35. The van der Waals surface area contributed by atoms with Gasteiger partial charge in [-0.05, 0) is 57.2 Å². The fraction of sp³-hybridized carbons (Fsp3) is 0.609. The largest absolute Gasteiger partial charge is 0.487 e. The number of ether oxygens (including phenoxy) is 2. The van der Waals surface area contributed by atoms with Crippen molar-refractivity contribution >= 4 is 21.9 Å². The summed E-state index contributed by atoms with van der Waals surface area (Å²) >= 11 is 3.62. The van der Waals surface area contributed by atoms with Crippen molar-refractivity contribution in [1.29, 1.82) is 0 Å². The number of allylic oxidation sites excluding steroid dienone is 2. The van der Waals surface area contributed by atoms with Crippen LogP contribution in [0.2, 0.25) is 0 Å². The fourth-order valence-electron chi connectivity index (χ4n) is 4.54. The van der Waals surface area contributed by atoms with E-state index in [4.69, 9.17) is 9.47 Å². The van der Waals surface area contributed by atoms with Gasteiger partial charge in [-0.2, -0.15) is 0 Å². The number of aryl methyl sites for hydroxylation is 1. The Morgan fingerprint density at radius 2 is 2.11 bits per heavy atom. The highest BCUT2D eigenvalue weighted by molar-refractivity contribution is 9.09. The molecule has 2 aliphatic rings. The molecule has 0 N–H and O–H groups in total. The molecule has 0 aromatic heterocycles. The zero-order valence-corrected chi connectivity index (χ0v) is 18.5. The van der Waals surface area contributed by atoms with E-state index in [9.17, 15) is 4.79 Å². The number of carbonyl (C=O) groups is 1. The standard InChI is InChI=1S/C23H31BrO3/c1-5-6-7-8-16-12-20(26-15(2)25)22-18-11-17(14-24)9-10-19(18)23(3,4)27-21(22)13-16/h11-13,18-19H,5-10,14H2,1-4H3/t18?,19-/m1/s1. The number of fused-ring (bicyclic) bond motifs is 3. The lowest BCUT2D eigenvalue weighted by atomic mass is 9.68. The number of hydrogen-bond acceptors (Lipinski definition) is 3. The average molecular weight is 435 g/mol. The zero-order chi connectivity index (χ0) is 19.6. The molecule has 2 atom stereocenters. The first-order valence-corrected chi connectivity index (χ1v) is 11.3. The minimum absolute atomic E-state index is 0.226. The van der Waals surface area contributed by atoms with Crippen LogP contribution in [0.15, 0.2) is 23.8 Å². The second-order valence-corrected chi connectivity index (χ2v) is 8.95. The second kappa shape index (κ2) is 8.38. The number of rotatable bonds is 6. The SMILES string of the molecule is CCCCCc1cc(OC(C)=O)c2c(c1)OC(C)(C)[C@@H]1CCC(CBr)=CC21. The Hall–Kier alpha value is -1.29. The van der Waals surface area contributed by atoms with Gasteiger partial charge in [0.2, 0.25) is 0 Å². The molecule has 1 aromatic carbocycles. The number of hydrogen-bond donors (Lipinski definition) is 0. The molecule has 1 unspecified atom stereocenters. The molecular weight excluding hydrogens is 404 g/mol. The van der Waals surface area contributed by atoms with E-state index in [2.05, 4.69) is 54.9 Å². The molecule has 0 saturated heterocycles. The van der Waals surface area contributed by atoms with Crippen molar-refractivity contribution in [1.82, 2.24) is 0 Å². The third kappa shape index (κ3) is 4.42. The fourth-order valence-corrected chi connectivity index (χ4v) is 5.01. The summed E-state index contributed by atoms with van der Waals surface area (Å²) in [6.07, 6.45) is 9.06. The van der Waals surface area contributed by atoms with Crippen LogP contribution >= 0.6 is 15.9 Å². The number of halogens is 1. The molecule has 1 aliphatic carbocycles. The highest BCUT2D eigenvalue weighted by atomic mass is 79.9. The third-order valence-electron chi connectivity index (χ3n) is 5.88. The van der Waals surface area contributed by atoms with Crippen molar-refractivity contribution in [2.45, 2.75) is 77.7 Å². The zero-order valence-electron chi connectivity index (χ0n) is 16.9.